The highest BCUT2D eigenvalue weighted by molar-refractivity contribution is 5.92. The molecule has 1 saturated heterocycles. The van der Waals surface area contributed by atoms with Crippen molar-refractivity contribution < 1.29 is 49.8 Å². The van der Waals surface area contributed by atoms with Gasteiger partial charge in [0, 0.05) is 24.4 Å². The smallest absolute Gasteiger partial charge is 0.407 e. The number of nitrogens with one attached hydrogen (secondary N) is 3. The topological polar surface area (TPSA) is 102 Å². The summed E-state index contributed by atoms with van der Waals surface area (Å²) in [6.07, 6.45) is -3.94. The van der Waals surface area contributed by atoms with Gasteiger partial charge in [-0.05, 0) is 54.3 Å². The molecule has 8 nitrogen and oxygen atoms in total. The number of aromatic nitrogens is 1. The molecule has 3 N–H and O–H groups in total. The Labute approximate surface area is 253 Å². The molecule has 242 valence electrons. The van der Waals surface area contributed by atoms with E-state index < -0.39 is 66.1 Å². The average molecular weight is 643 g/mol. The van der Waals surface area contributed by atoms with Gasteiger partial charge in [0.25, 0.3) is 0 Å². The molecule has 15 heteroatoms. The van der Waals surface area contributed by atoms with Gasteiger partial charge in [-0.25, -0.2) is 22.4 Å². The summed E-state index contributed by atoms with van der Waals surface area (Å²) in [6.45, 7) is -1.41. The molecule has 1 aromatic heterocycles. The van der Waals surface area contributed by atoms with E-state index in [1.807, 2.05) is 0 Å². The lowest BCUT2D eigenvalue weighted by molar-refractivity contribution is -0.124. The summed E-state index contributed by atoms with van der Waals surface area (Å²) in [7, 11) is 0. The Bertz CT molecular complexity index is 1470. The number of carbonyl (C=O) groups is 2. The van der Waals surface area contributed by atoms with Crippen LogP contribution in [0.4, 0.5) is 41.2 Å². The zero-order chi connectivity index (χ0) is 32.6. The Hall–Kier alpha value is -4.24. The molecule has 1 fully saturated rings. The lowest BCUT2D eigenvalue weighted by atomic mass is 9.87. The van der Waals surface area contributed by atoms with Crippen LogP contribution in [0.25, 0.3) is 0 Å². The number of benzene rings is 2. The summed E-state index contributed by atoms with van der Waals surface area (Å²) in [5, 5.41) is 7.24. The van der Waals surface area contributed by atoms with Gasteiger partial charge in [-0.2, -0.15) is 13.2 Å². The maximum Gasteiger partial charge on any atom is 0.407 e. The molecule has 4 rings (SSSR count). The summed E-state index contributed by atoms with van der Waals surface area (Å²) >= 11 is 0. The van der Waals surface area contributed by atoms with Gasteiger partial charge in [-0.1, -0.05) is 12.1 Å². The Kier molecular flexibility index (Phi) is 11.3. The largest absolute Gasteiger partial charge is 0.448 e. The number of anilines is 1. The Balaban J connectivity index is 1.34. The summed E-state index contributed by atoms with van der Waals surface area (Å²) in [5.41, 5.74) is 0.449. The van der Waals surface area contributed by atoms with E-state index in [4.69, 9.17) is 9.47 Å². The van der Waals surface area contributed by atoms with Gasteiger partial charge >= 0.3 is 12.3 Å². The minimum Gasteiger partial charge on any atom is -0.448 e. The SMILES string of the molecule is O=C(C[C@@H](c1ccc(F)cc1)c1cc(F)ccc1F)Nc1cncc(F)c1CC[C@@H]1CN[C@H](COC(=O)NCC(F)(F)F)CO1. The Morgan fingerprint density at radius 1 is 1.02 bits per heavy atom. The van der Waals surface area contributed by atoms with E-state index >= 15 is 0 Å². The maximum absolute atomic E-state index is 14.8. The highest BCUT2D eigenvalue weighted by atomic mass is 19.4. The lowest BCUT2D eigenvalue weighted by Gasteiger charge is -2.30. The standard InChI is InChI=1S/C30H29F7N4O4/c31-18-3-1-17(2-4-18)23(24-9-19(32)5-8-25(24)33)10-28(42)41-27-13-38-12-26(34)22(27)7-6-21-11-39-20(14-44-21)15-45-29(43)40-16-30(35,36)37/h1-5,8-9,12-13,20-21,23,39H,6-7,10-11,14-16H2,(H,40,43)(H,41,42)/t20-,21+,23-/m0/s1. The highest BCUT2D eigenvalue weighted by Gasteiger charge is 2.29. The van der Waals surface area contributed by atoms with Gasteiger partial charge in [-0.3, -0.25) is 9.78 Å². The van der Waals surface area contributed by atoms with Crippen LogP contribution in [-0.4, -0.2) is 61.6 Å². The number of ether oxygens (including phenoxy) is 2. The number of rotatable bonds is 11. The van der Waals surface area contributed by atoms with Crippen molar-refractivity contribution in [2.45, 2.75) is 43.5 Å². The van der Waals surface area contributed by atoms with E-state index in [0.717, 1.165) is 36.5 Å². The zero-order valence-corrected chi connectivity index (χ0v) is 23.6. The number of alkyl halides is 3. The van der Waals surface area contributed by atoms with E-state index in [1.54, 1.807) is 5.32 Å². The quantitative estimate of drug-likeness (QED) is 0.243. The first-order chi connectivity index (χ1) is 21.4. The molecule has 3 atom stereocenters. The maximum atomic E-state index is 14.8. The van der Waals surface area contributed by atoms with Crippen LogP contribution in [0.3, 0.4) is 0 Å². The van der Waals surface area contributed by atoms with Crippen LogP contribution in [0, 0.1) is 23.3 Å². The van der Waals surface area contributed by atoms with Crippen molar-refractivity contribution in [3.05, 3.63) is 94.8 Å². The molecule has 2 heterocycles. The van der Waals surface area contributed by atoms with Gasteiger partial charge in [0.1, 0.15) is 36.4 Å². The number of carbonyl (C=O) groups excluding carboxylic acids is 2. The van der Waals surface area contributed by atoms with Gasteiger partial charge in [-0.15, -0.1) is 0 Å². The normalized spacial score (nSPS) is 17.4. The van der Waals surface area contributed by atoms with Crippen LogP contribution in [0.5, 0.6) is 0 Å². The molecular formula is C30H29F7N4O4. The summed E-state index contributed by atoms with van der Waals surface area (Å²) < 4.78 is 104. The minimum absolute atomic E-state index is 0.0671. The molecule has 3 aromatic rings. The second-order valence-electron chi connectivity index (χ2n) is 10.3. The fourth-order valence-electron chi connectivity index (χ4n) is 4.76. The molecule has 2 amide bonds. The van der Waals surface area contributed by atoms with Crippen molar-refractivity contribution in [3.63, 3.8) is 0 Å². The molecule has 1 aliphatic heterocycles. The number of nitrogens with zero attached hydrogens (tertiary/aromatic N) is 1. The van der Waals surface area contributed by atoms with Crippen LogP contribution < -0.4 is 16.0 Å². The van der Waals surface area contributed by atoms with Crippen LogP contribution in [-0.2, 0) is 20.7 Å². The first kappa shape index (κ1) is 33.6. The Morgan fingerprint density at radius 3 is 2.44 bits per heavy atom. The third-order valence-corrected chi connectivity index (χ3v) is 7.01. The number of morpholine rings is 1. The summed E-state index contributed by atoms with van der Waals surface area (Å²) in [6, 6.07) is 7.37. The fraction of sp³-hybridized carbons (Fsp3) is 0.367. The zero-order valence-electron chi connectivity index (χ0n) is 23.6. The highest BCUT2D eigenvalue weighted by Crippen LogP contribution is 2.32. The Morgan fingerprint density at radius 2 is 1.76 bits per heavy atom. The molecular weight excluding hydrogens is 613 g/mol. The van der Waals surface area contributed by atoms with Crippen LogP contribution in [0.1, 0.15) is 35.4 Å². The van der Waals surface area contributed by atoms with E-state index in [2.05, 4.69) is 15.6 Å². The number of pyridine rings is 1. The third-order valence-electron chi connectivity index (χ3n) is 7.01. The van der Waals surface area contributed by atoms with Crippen molar-refractivity contribution in [1.29, 1.82) is 0 Å². The second kappa shape index (κ2) is 15.2. The van der Waals surface area contributed by atoms with Crippen molar-refractivity contribution in [2.24, 2.45) is 0 Å². The predicted molar refractivity (Wildman–Crippen MR) is 147 cm³/mol. The molecule has 0 bridgehead atoms. The van der Waals surface area contributed by atoms with Gasteiger partial charge in [0.2, 0.25) is 5.91 Å². The van der Waals surface area contributed by atoms with E-state index in [-0.39, 0.29) is 49.4 Å². The van der Waals surface area contributed by atoms with Crippen LogP contribution in [0.2, 0.25) is 0 Å². The number of halogens is 7. The molecule has 0 spiro atoms. The molecule has 0 aliphatic carbocycles. The van der Waals surface area contributed by atoms with Crippen molar-refractivity contribution in [3.8, 4) is 0 Å². The number of hydrogen-bond donors (Lipinski definition) is 3. The van der Waals surface area contributed by atoms with Crippen LogP contribution in [0.15, 0.2) is 54.9 Å². The molecule has 2 aromatic carbocycles. The molecule has 0 unspecified atom stereocenters. The molecule has 0 saturated carbocycles. The molecule has 1 aliphatic rings. The second-order valence-corrected chi connectivity index (χ2v) is 10.3. The predicted octanol–water partition coefficient (Wildman–Crippen LogP) is 5.38. The van der Waals surface area contributed by atoms with Crippen molar-refractivity contribution in [2.75, 3.05) is 31.6 Å². The monoisotopic (exact) mass is 642 g/mol. The average Bonchev–Trinajstić information content (AvgIpc) is 2.99. The summed E-state index contributed by atoms with van der Waals surface area (Å²) in [4.78, 5) is 28.4. The third kappa shape index (κ3) is 10.1. The van der Waals surface area contributed by atoms with Gasteiger partial charge < -0.3 is 25.4 Å². The molecule has 45 heavy (non-hydrogen) atoms. The number of alkyl carbamates (subject to hydrolysis) is 1. The van der Waals surface area contributed by atoms with E-state index in [0.29, 0.717) is 12.0 Å². The first-order valence-corrected chi connectivity index (χ1v) is 13.8. The van der Waals surface area contributed by atoms with Crippen LogP contribution >= 0.6 is 0 Å². The fourth-order valence-corrected chi connectivity index (χ4v) is 4.76. The first-order valence-electron chi connectivity index (χ1n) is 13.8. The van der Waals surface area contributed by atoms with Gasteiger partial charge in [0.15, 0.2) is 0 Å². The van der Waals surface area contributed by atoms with Crippen molar-refractivity contribution >= 4 is 17.7 Å². The van der Waals surface area contributed by atoms with Crippen molar-refractivity contribution in [1.82, 2.24) is 15.6 Å². The molecule has 0 radical (unpaired) electrons. The van der Waals surface area contributed by atoms with Gasteiger partial charge in [0.05, 0.1) is 36.8 Å². The number of hydrogen-bond acceptors (Lipinski definition) is 6. The van der Waals surface area contributed by atoms with E-state index in [1.165, 1.54) is 18.3 Å². The van der Waals surface area contributed by atoms with E-state index in [9.17, 15) is 40.3 Å². The number of amides is 2. The minimum atomic E-state index is -4.57. The summed E-state index contributed by atoms with van der Waals surface area (Å²) in [5.74, 6) is -4.36. The lowest BCUT2D eigenvalue weighted by Crippen LogP contribution is -2.49.